The molecule has 3 aromatic heterocycles. The van der Waals surface area contributed by atoms with E-state index in [0.717, 1.165) is 11.3 Å². The fourth-order valence-corrected chi connectivity index (χ4v) is 4.17. The number of benzene rings is 1. The van der Waals surface area contributed by atoms with E-state index in [4.69, 9.17) is 20.4 Å². The van der Waals surface area contributed by atoms with Gasteiger partial charge in [-0.2, -0.15) is 9.78 Å². The maximum atomic E-state index is 10.9. The first-order chi connectivity index (χ1) is 14.5. The second kappa shape index (κ2) is 7.15. The SMILES string of the molecule is Cc1occc1-c1nnc2n1N=C(c1ccc(-c3ccc([N+](=O)[O-])cc3Cl)o1)CS2. The van der Waals surface area contributed by atoms with Crippen LogP contribution in [0.5, 0.6) is 0 Å². The van der Waals surface area contributed by atoms with Crippen LogP contribution in [0.4, 0.5) is 5.69 Å². The highest BCUT2D eigenvalue weighted by molar-refractivity contribution is 7.99. The summed E-state index contributed by atoms with van der Waals surface area (Å²) in [6, 6.07) is 9.64. The number of nitrogens with zero attached hydrogens (tertiary/aromatic N) is 5. The van der Waals surface area contributed by atoms with Crippen molar-refractivity contribution < 1.29 is 13.8 Å². The normalized spacial score (nSPS) is 13.2. The van der Waals surface area contributed by atoms with Crippen molar-refractivity contribution in [2.75, 3.05) is 5.75 Å². The highest BCUT2D eigenvalue weighted by atomic mass is 35.5. The van der Waals surface area contributed by atoms with Gasteiger partial charge in [-0.05, 0) is 31.2 Å². The number of furan rings is 2. The summed E-state index contributed by atoms with van der Waals surface area (Å²) in [5.41, 5.74) is 2.01. The minimum Gasteiger partial charge on any atom is -0.469 e. The zero-order valence-electron chi connectivity index (χ0n) is 15.4. The van der Waals surface area contributed by atoms with Gasteiger partial charge < -0.3 is 8.83 Å². The molecular formula is C19H12ClN5O4S. The van der Waals surface area contributed by atoms with E-state index in [0.29, 0.717) is 39.5 Å². The van der Waals surface area contributed by atoms with Gasteiger partial charge in [0, 0.05) is 23.4 Å². The molecule has 0 N–H and O–H groups in total. The smallest absolute Gasteiger partial charge is 0.270 e. The molecule has 11 heteroatoms. The Balaban J connectivity index is 1.51. The molecule has 5 rings (SSSR count). The van der Waals surface area contributed by atoms with Crippen LogP contribution in [0.1, 0.15) is 11.5 Å². The van der Waals surface area contributed by atoms with Gasteiger partial charge in [0.1, 0.15) is 17.2 Å². The fraction of sp³-hybridized carbons (Fsp3) is 0.105. The molecular weight excluding hydrogens is 430 g/mol. The number of fused-ring (bicyclic) bond motifs is 1. The van der Waals surface area contributed by atoms with Gasteiger partial charge >= 0.3 is 0 Å². The number of non-ortho nitro benzene ring substituents is 1. The molecule has 0 aliphatic carbocycles. The second-order valence-corrected chi connectivity index (χ2v) is 7.78. The van der Waals surface area contributed by atoms with E-state index < -0.39 is 4.92 Å². The number of aryl methyl sites for hydroxylation is 1. The first kappa shape index (κ1) is 18.6. The molecule has 150 valence electrons. The molecule has 1 aromatic carbocycles. The number of hydrogen-bond acceptors (Lipinski definition) is 8. The van der Waals surface area contributed by atoms with Gasteiger partial charge in [0.15, 0.2) is 11.6 Å². The molecule has 0 saturated heterocycles. The summed E-state index contributed by atoms with van der Waals surface area (Å²) in [5, 5.41) is 24.9. The molecule has 9 nitrogen and oxygen atoms in total. The Morgan fingerprint density at radius 3 is 2.73 bits per heavy atom. The number of hydrogen-bond donors (Lipinski definition) is 0. The van der Waals surface area contributed by atoms with Crippen LogP contribution in [0.3, 0.4) is 0 Å². The maximum Gasteiger partial charge on any atom is 0.270 e. The Labute approximate surface area is 178 Å². The lowest BCUT2D eigenvalue weighted by atomic mass is 10.1. The minimum absolute atomic E-state index is 0.0780. The third-order valence-corrected chi connectivity index (χ3v) is 5.83. The lowest BCUT2D eigenvalue weighted by Gasteiger charge is -2.12. The molecule has 4 aromatic rings. The monoisotopic (exact) mass is 441 g/mol. The Kier molecular flexibility index (Phi) is 4.44. The molecule has 30 heavy (non-hydrogen) atoms. The average molecular weight is 442 g/mol. The van der Waals surface area contributed by atoms with Crippen LogP contribution in [0.15, 0.2) is 61.8 Å². The van der Waals surface area contributed by atoms with Gasteiger partial charge in [0.25, 0.3) is 5.69 Å². The summed E-state index contributed by atoms with van der Waals surface area (Å²) in [4.78, 5) is 10.4. The Morgan fingerprint density at radius 1 is 1.17 bits per heavy atom. The van der Waals surface area contributed by atoms with Gasteiger partial charge in [0.05, 0.1) is 21.8 Å². The Morgan fingerprint density at radius 2 is 2.00 bits per heavy atom. The molecule has 1 aliphatic heterocycles. The van der Waals surface area contributed by atoms with Crippen molar-refractivity contribution in [3.63, 3.8) is 0 Å². The van der Waals surface area contributed by atoms with E-state index in [1.165, 1.54) is 23.9 Å². The maximum absolute atomic E-state index is 10.9. The Bertz CT molecular complexity index is 1320. The molecule has 0 amide bonds. The predicted octanol–water partition coefficient (Wildman–Crippen LogP) is 5.03. The molecule has 0 spiro atoms. The van der Waals surface area contributed by atoms with E-state index in [1.54, 1.807) is 29.1 Å². The second-order valence-electron chi connectivity index (χ2n) is 6.43. The highest BCUT2D eigenvalue weighted by Gasteiger charge is 2.24. The largest absolute Gasteiger partial charge is 0.469 e. The Hall–Kier alpha value is -3.37. The van der Waals surface area contributed by atoms with Gasteiger partial charge in [-0.25, -0.2) is 0 Å². The third-order valence-electron chi connectivity index (χ3n) is 4.59. The van der Waals surface area contributed by atoms with Crippen LogP contribution in [0, 0.1) is 17.0 Å². The number of aromatic nitrogens is 3. The first-order valence-electron chi connectivity index (χ1n) is 8.76. The summed E-state index contributed by atoms with van der Waals surface area (Å²) < 4.78 is 13.0. The molecule has 1 aliphatic rings. The van der Waals surface area contributed by atoms with Crippen LogP contribution in [-0.4, -0.2) is 31.3 Å². The molecule has 0 bridgehead atoms. The zero-order valence-corrected chi connectivity index (χ0v) is 17.0. The van der Waals surface area contributed by atoms with E-state index >= 15 is 0 Å². The summed E-state index contributed by atoms with van der Waals surface area (Å²) in [6.45, 7) is 1.85. The van der Waals surface area contributed by atoms with Crippen LogP contribution < -0.4 is 0 Å². The van der Waals surface area contributed by atoms with E-state index in [-0.39, 0.29) is 10.7 Å². The number of halogens is 1. The molecule has 0 radical (unpaired) electrons. The van der Waals surface area contributed by atoms with Crippen molar-refractivity contribution in [2.24, 2.45) is 5.10 Å². The van der Waals surface area contributed by atoms with E-state index in [9.17, 15) is 10.1 Å². The van der Waals surface area contributed by atoms with Crippen LogP contribution in [0.2, 0.25) is 5.02 Å². The number of rotatable bonds is 4. The summed E-state index contributed by atoms with van der Waals surface area (Å²) in [5.74, 6) is 2.94. The number of thioether (sulfide) groups is 1. The van der Waals surface area contributed by atoms with E-state index in [1.807, 2.05) is 13.0 Å². The lowest BCUT2D eigenvalue weighted by Crippen LogP contribution is -2.13. The van der Waals surface area contributed by atoms with Crippen molar-refractivity contribution in [3.05, 3.63) is 69.3 Å². The quantitative estimate of drug-likeness (QED) is 0.322. The molecule has 0 fully saturated rings. The van der Waals surface area contributed by atoms with Crippen LogP contribution in [0.25, 0.3) is 22.7 Å². The zero-order chi connectivity index (χ0) is 20.8. The molecule has 0 atom stereocenters. The third kappa shape index (κ3) is 3.10. The average Bonchev–Trinajstić information content (AvgIpc) is 3.46. The van der Waals surface area contributed by atoms with Gasteiger partial charge in [-0.1, -0.05) is 23.4 Å². The number of nitro groups is 1. The summed E-state index contributed by atoms with van der Waals surface area (Å²) >= 11 is 7.72. The van der Waals surface area contributed by atoms with Crippen LogP contribution >= 0.6 is 23.4 Å². The molecule has 0 unspecified atom stereocenters. The highest BCUT2D eigenvalue weighted by Crippen LogP contribution is 2.34. The minimum atomic E-state index is -0.493. The van der Waals surface area contributed by atoms with E-state index in [2.05, 4.69) is 15.3 Å². The van der Waals surface area contributed by atoms with Gasteiger partial charge in [-0.3, -0.25) is 10.1 Å². The van der Waals surface area contributed by atoms with Crippen molar-refractivity contribution in [3.8, 4) is 22.7 Å². The van der Waals surface area contributed by atoms with Crippen molar-refractivity contribution in [1.29, 1.82) is 0 Å². The van der Waals surface area contributed by atoms with Crippen molar-refractivity contribution >= 4 is 34.8 Å². The van der Waals surface area contributed by atoms with Gasteiger partial charge in [-0.15, -0.1) is 10.2 Å². The molecule has 4 heterocycles. The van der Waals surface area contributed by atoms with Crippen molar-refractivity contribution in [1.82, 2.24) is 14.9 Å². The predicted molar refractivity (Wildman–Crippen MR) is 111 cm³/mol. The summed E-state index contributed by atoms with van der Waals surface area (Å²) in [7, 11) is 0. The van der Waals surface area contributed by atoms with Gasteiger partial charge in [0.2, 0.25) is 5.16 Å². The summed E-state index contributed by atoms with van der Waals surface area (Å²) in [6.07, 6.45) is 1.60. The number of nitro benzene ring substituents is 1. The first-order valence-corrected chi connectivity index (χ1v) is 10.1. The topological polar surface area (TPSA) is 112 Å². The lowest BCUT2D eigenvalue weighted by molar-refractivity contribution is -0.384. The standard InChI is InChI=1S/C19H12ClN5O4S/c1-10-12(6-7-28-10)18-21-22-19-24(18)23-15(9-30-19)17-5-4-16(29-17)13-3-2-11(25(26)27)8-14(13)20/h2-8H,9H2,1H3. The van der Waals surface area contributed by atoms with Crippen molar-refractivity contribution in [2.45, 2.75) is 12.1 Å². The molecule has 0 saturated carbocycles. The fourth-order valence-electron chi connectivity index (χ4n) is 3.09. The van der Waals surface area contributed by atoms with Crippen LogP contribution in [-0.2, 0) is 0 Å².